The summed E-state index contributed by atoms with van der Waals surface area (Å²) < 4.78 is 10.7. The first kappa shape index (κ1) is 16.3. The zero-order valence-electron chi connectivity index (χ0n) is 12.7. The number of nitrogens with zero attached hydrogens (tertiary/aromatic N) is 2. The highest BCUT2D eigenvalue weighted by Gasteiger charge is 2.09. The van der Waals surface area contributed by atoms with Gasteiger partial charge in [-0.15, -0.1) is 0 Å². The van der Waals surface area contributed by atoms with Gasteiger partial charge < -0.3 is 14.6 Å². The standard InChI is InChI=1S/C16H16N2O5/c1-3-23-15-7-4-11(8-16(15)22-2)10-17-13-6-5-12(18(20)21)9-14(13)19/h4-10,19H,3H2,1-2H3. The number of non-ortho nitro benzene ring substituents is 1. The quantitative estimate of drug-likeness (QED) is 0.500. The molecule has 0 heterocycles. The molecule has 2 aromatic rings. The van der Waals surface area contributed by atoms with Crippen molar-refractivity contribution in [1.29, 1.82) is 0 Å². The van der Waals surface area contributed by atoms with Gasteiger partial charge in [0.25, 0.3) is 5.69 Å². The second kappa shape index (κ2) is 7.26. The van der Waals surface area contributed by atoms with Crippen molar-refractivity contribution in [3.8, 4) is 17.2 Å². The Morgan fingerprint density at radius 3 is 2.65 bits per heavy atom. The van der Waals surface area contributed by atoms with Gasteiger partial charge in [-0.05, 0) is 36.8 Å². The monoisotopic (exact) mass is 316 g/mol. The maximum Gasteiger partial charge on any atom is 0.273 e. The molecule has 7 nitrogen and oxygen atoms in total. The van der Waals surface area contributed by atoms with Gasteiger partial charge in [-0.1, -0.05) is 0 Å². The molecule has 0 radical (unpaired) electrons. The molecular formula is C16H16N2O5. The number of nitro groups is 1. The van der Waals surface area contributed by atoms with Crippen LogP contribution in [0.25, 0.3) is 0 Å². The van der Waals surface area contributed by atoms with E-state index in [0.29, 0.717) is 18.1 Å². The number of benzene rings is 2. The largest absolute Gasteiger partial charge is 0.505 e. The fourth-order valence-electron chi connectivity index (χ4n) is 1.92. The van der Waals surface area contributed by atoms with Gasteiger partial charge >= 0.3 is 0 Å². The van der Waals surface area contributed by atoms with Gasteiger partial charge in [-0.3, -0.25) is 15.1 Å². The molecule has 2 aromatic carbocycles. The average molecular weight is 316 g/mol. The number of phenols is 1. The second-order valence-corrected chi connectivity index (χ2v) is 4.53. The lowest BCUT2D eigenvalue weighted by atomic mass is 10.2. The van der Waals surface area contributed by atoms with Crippen molar-refractivity contribution in [1.82, 2.24) is 0 Å². The zero-order valence-corrected chi connectivity index (χ0v) is 12.7. The third-order valence-corrected chi connectivity index (χ3v) is 3.01. The highest BCUT2D eigenvalue weighted by atomic mass is 16.6. The van der Waals surface area contributed by atoms with Crippen molar-refractivity contribution in [2.45, 2.75) is 6.92 Å². The van der Waals surface area contributed by atoms with Gasteiger partial charge in [0.05, 0.1) is 24.7 Å². The van der Waals surface area contributed by atoms with E-state index in [1.165, 1.54) is 18.3 Å². The molecule has 0 aliphatic carbocycles. The van der Waals surface area contributed by atoms with Crippen molar-refractivity contribution in [3.63, 3.8) is 0 Å². The van der Waals surface area contributed by atoms with Crippen LogP contribution in [0.15, 0.2) is 41.4 Å². The lowest BCUT2D eigenvalue weighted by molar-refractivity contribution is -0.384. The Hall–Kier alpha value is -3.09. The molecule has 0 fully saturated rings. The Kier molecular flexibility index (Phi) is 5.14. The molecule has 7 heteroatoms. The number of aliphatic imine (C=N–C) groups is 1. The first-order valence-electron chi connectivity index (χ1n) is 6.87. The predicted molar refractivity (Wildman–Crippen MR) is 86.2 cm³/mol. The molecule has 0 aliphatic rings. The van der Waals surface area contributed by atoms with Crippen LogP contribution in [-0.4, -0.2) is 30.0 Å². The number of methoxy groups -OCH3 is 1. The molecule has 0 unspecified atom stereocenters. The number of nitro benzene ring substituents is 1. The summed E-state index contributed by atoms with van der Waals surface area (Å²) in [6.45, 7) is 2.41. The summed E-state index contributed by atoms with van der Waals surface area (Å²) in [7, 11) is 1.54. The van der Waals surface area contributed by atoms with Crippen LogP contribution in [-0.2, 0) is 0 Å². The van der Waals surface area contributed by atoms with E-state index >= 15 is 0 Å². The Labute approximate surface area is 133 Å². The van der Waals surface area contributed by atoms with E-state index in [-0.39, 0.29) is 17.1 Å². The molecule has 0 spiro atoms. The fraction of sp³-hybridized carbons (Fsp3) is 0.188. The van der Waals surface area contributed by atoms with Crippen molar-refractivity contribution in [2.24, 2.45) is 4.99 Å². The topological polar surface area (TPSA) is 94.2 Å². The highest BCUT2D eigenvalue weighted by molar-refractivity contribution is 5.84. The van der Waals surface area contributed by atoms with E-state index in [1.807, 2.05) is 6.92 Å². The lowest BCUT2D eigenvalue weighted by Gasteiger charge is -2.09. The summed E-state index contributed by atoms with van der Waals surface area (Å²) in [4.78, 5) is 14.2. The number of ether oxygens (including phenoxy) is 2. The van der Waals surface area contributed by atoms with Crippen LogP contribution < -0.4 is 9.47 Å². The Morgan fingerprint density at radius 1 is 1.26 bits per heavy atom. The third kappa shape index (κ3) is 3.97. The van der Waals surface area contributed by atoms with Crippen molar-refractivity contribution in [2.75, 3.05) is 13.7 Å². The molecule has 23 heavy (non-hydrogen) atoms. The van der Waals surface area contributed by atoms with Crippen LogP contribution in [0.5, 0.6) is 17.2 Å². The lowest BCUT2D eigenvalue weighted by Crippen LogP contribution is -1.96. The molecule has 0 saturated heterocycles. The van der Waals surface area contributed by atoms with Crippen molar-refractivity contribution in [3.05, 3.63) is 52.1 Å². The molecule has 1 N–H and O–H groups in total. The van der Waals surface area contributed by atoms with Gasteiger partial charge in [-0.2, -0.15) is 0 Å². The number of aromatic hydroxyl groups is 1. The van der Waals surface area contributed by atoms with Crippen molar-refractivity contribution < 1.29 is 19.5 Å². The maximum atomic E-state index is 10.6. The second-order valence-electron chi connectivity index (χ2n) is 4.53. The Bertz CT molecular complexity index is 743. The molecule has 0 aliphatic heterocycles. The van der Waals surface area contributed by atoms with Gasteiger partial charge in [0.1, 0.15) is 11.4 Å². The van der Waals surface area contributed by atoms with Gasteiger partial charge in [0.2, 0.25) is 0 Å². The molecule has 2 rings (SSSR count). The van der Waals surface area contributed by atoms with E-state index < -0.39 is 4.92 Å². The SMILES string of the molecule is CCOc1ccc(C=Nc2ccc([N+](=O)[O-])cc2O)cc1OC. The fourth-order valence-corrected chi connectivity index (χ4v) is 1.92. The summed E-state index contributed by atoms with van der Waals surface area (Å²) in [5.74, 6) is 0.947. The molecule has 0 bridgehead atoms. The van der Waals surface area contributed by atoms with Crippen LogP contribution >= 0.6 is 0 Å². The summed E-state index contributed by atoms with van der Waals surface area (Å²) in [5, 5.41) is 20.4. The van der Waals surface area contributed by atoms with Crippen LogP contribution in [0, 0.1) is 10.1 Å². The zero-order chi connectivity index (χ0) is 16.8. The van der Waals surface area contributed by atoms with E-state index in [0.717, 1.165) is 11.6 Å². The first-order valence-corrected chi connectivity index (χ1v) is 6.87. The Balaban J connectivity index is 2.24. The van der Waals surface area contributed by atoms with Crippen LogP contribution in [0.1, 0.15) is 12.5 Å². The minimum absolute atomic E-state index is 0.191. The first-order chi connectivity index (χ1) is 11.0. The highest BCUT2D eigenvalue weighted by Crippen LogP contribution is 2.31. The normalized spacial score (nSPS) is 10.7. The Morgan fingerprint density at radius 2 is 2.04 bits per heavy atom. The van der Waals surface area contributed by atoms with Crippen LogP contribution in [0.2, 0.25) is 0 Å². The van der Waals surface area contributed by atoms with Crippen LogP contribution in [0.3, 0.4) is 0 Å². The molecule has 0 amide bonds. The van der Waals surface area contributed by atoms with E-state index in [4.69, 9.17) is 9.47 Å². The van der Waals surface area contributed by atoms with E-state index in [1.54, 1.807) is 25.3 Å². The van der Waals surface area contributed by atoms with Crippen LogP contribution in [0.4, 0.5) is 11.4 Å². The summed E-state index contributed by atoms with van der Waals surface area (Å²) in [6, 6.07) is 9.03. The molecule has 0 aromatic heterocycles. The maximum absolute atomic E-state index is 10.6. The average Bonchev–Trinajstić information content (AvgIpc) is 2.54. The minimum atomic E-state index is -0.579. The summed E-state index contributed by atoms with van der Waals surface area (Å²) >= 11 is 0. The van der Waals surface area contributed by atoms with E-state index in [2.05, 4.69) is 4.99 Å². The number of hydrogen-bond acceptors (Lipinski definition) is 6. The number of hydrogen-bond donors (Lipinski definition) is 1. The minimum Gasteiger partial charge on any atom is -0.505 e. The van der Waals surface area contributed by atoms with Gasteiger partial charge in [0.15, 0.2) is 11.5 Å². The molecule has 120 valence electrons. The smallest absolute Gasteiger partial charge is 0.273 e. The summed E-state index contributed by atoms with van der Waals surface area (Å²) in [6.07, 6.45) is 1.53. The molecule has 0 saturated carbocycles. The number of phenolic OH excluding ortho intramolecular Hbond substituents is 1. The molecule has 0 atom stereocenters. The van der Waals surface area contributed by atoms with E-state index in [9.17, 15) is 15.2 Å². The number of rotatable bonds is 6. The van der Waals surface area contributed by atoms with Gasteiger partial charge in [-0.25, -0.2) is 0 Å². The molecular weight excluding hydrogens is 300 g/mol. The third-order valence-electron chi connectivity index (χ3n) is 3.01. The van der Waals surface area contributed by atoms with Crippen molar-refractivity contribution >= 4 is 17.6 Å². The van der Waals surface area contributed by atoms with Gasteiger partial charge in [0, 0.05) is 12.3 Å². The predicted octanol–water partition coefficient (Wildman–Crippen LogP) is 3.46. The summed E-state index contributed by atoms with van der Waals surface area (Å²) in [5.41, 5.74) is 0.788.